The van der Waals surface area contributed by atoms with E-state index in [9.17, 15) is 14.7 Å². The molecule has 0 saturated carbocycles. The summed E-state index contributed by atoms with van der Waals surface area (Å²) >= 11 is 0. The zero-order valence-corrected chi connectivity index (χ0v) is 17.1. The molecule has 1 aliphatic rings. The van der Waals surface area contributed by atoms with Gasteiger partial charge in [-0.15, -0.1) is 0 Å². The number of aliphatic hydroxyl groups excluding tert-OH is 1. The molecule has 30 heavy (non-hydrogen) atoms. The van der Waals surface area contributed by atoms with E-state index in [2.05, 4.69) is 4.98 Å². The average molecular weight is 398 g/mol. The summed E-state index contributed by atoms with van der Waals surface area (Å²) in [6.45, 7) is 5.83. The highest BCUT2D eigenvalue weighted by atomic mass is 16.3. The third kappa shape index (κ3) is 3.39. The standard InChI is InChI=1S/C25H22N2O3/c1-15-6-8-18(9-7-15)23(28)21-22(19-5-4-10-26-14-19)27(25(30)24(21)29)20-12-16(2)11-17(3)13-20/h4-14,22,28H,1-3H3/b23-21+. The number of aryl methyl sites for hydroxylation is 3. The largest absolute Gasteiger partial charge is 0.507 e. The molecule has 1 N–H and O–H groups in total. The minimum Gasteiger partial charge on any atom is -0.507 e. The number of carbonyl (C=O) groups is 2. The van der Waals surface area contributed by atoms with Gasteiger partial charge in [-0.3, -0.25) is 19.5 Å². The predicted molar refractivity (Wildman–Crippen MR) is 116 cm³/mol. The van der Waals surface area contributed by atoms with Crippen LogP contribution in [0.1, 0.15) is 33.9 Å². The second kappa shape index (κ2) is 7.59. The van der Waals surface area contributed by atoms with E-state index >= 15 is 0 Å². The van der Waals surface area contributed by atoms with Crippen molar-refractivity contribution in [3.63, 3.8) is 0 Å². The molecule has 2 aromatic carbocycles. The van der Waals surface area contributed by atoms with Crippen molar-refractivity contribution >= 4 is 23.1 Å². The maximum Gasteiger partial charge on any atom is 0.300 e. The monoisotopic (exact) mass is 398 g/mol. The molecule has 1 fully saturated rings. The fourth-order valence-corrected chi connectivity index (χ4v) is 3.91. The molecule has 0 radical (unpaired) electrons. The van der Waals surface area contributed by atoms with Crippen LogP contribution < -0.4 is 4.90 Å². The van der Waals surface area contributed by atoms with Gasteiger partial charge in [-0.1, -0.05) is 42.0 Å². The smallest absolute Gasteiger partial charge is 0.300 e. The molecule has 1 aromatic heterocycles. The minimum absolute atomic E-state index is 0.0658. The molecular formula is C25H22N2O3. The van der Waals surface area contributed by atoms with E-state index in [1.165, 1.54) is 4.90 Å². The predicted octanol–water partition coefficient (Wildman–Crippen LogP) is 4.63. The summed E-state index contributed by atoms with van der Waals surface area (Å²) in [5, 5.41) is 11.1. The number of nitrogens with zero attached hydrogens (tertiary/aromatic N) is 2. The molecule has 0 bridgehead atoms. The van der Waals surface area contributed by atoms with Crippen molar-refractivity contribution in [1.82, 2.24) is 4.98 Å². The first-order valence-corrected chi connectivity index (χ1v) is 9.73. The molecule has 1 amide bonds. The van der Waals surface area contributed by atoms with Gasteiger partial charge in [-0.25, -0.2) is 0 Å². The number of amides is 1. The van der Waals surface area contributed by atoms with Gasteiger partial charge in [0, 0.05) is 23.6 Å². The lowest BCUT2D eigenvalue weighted by Crippen LogP contribution is -2.29. The van der Waals surface area contributed by atoms with Crippen LogP contribution in [-0.2, 0) is 9.59 Å². The first-order chi connectivity index (χ1) is 14.4. The summed E-state index contributed by atoms with van der Waals surface area (Å²) in [5.41, 5.74) is 4.83. The lowest BCUT2D eigenvalue weighted by Gasteiger charge is -2.25. The van der Waals surface area contributed by atoms with Crippen molar-refractivity contribution in [3.8, 4) is 0 Å². The fourth-order valence-electron chi connectivity index (χ4n) is 3.91. The van der Waals surface area contributed by atoms with Crippen molar-refractivity contribution in [3.05, 3.63) is 100 Å². The summed E-state index contributed by atoms with van der Waals surface area (Å²) in [7, 11) is 0. The van der Waals surface area contributed by atoms with Gasteiger partial charge < -0.3 is 5.11 Å². The van der Waals surface area contributed by atoms with Gasteiger partial charge in [-0.05, 0) is 55.7 Å². The van der Waals surface area contributed by atoms with Crippen LogP contribution >= 0.6 is 0 Å². The highest BCUT2D eigenvalue weighted by Gasteiger charge is 2.47. The summed E-state index contributed by atoms with van der Waals surface area (Å²) in [6, 6.07) is 15.7. The zero-order chi connectivity index (χ0) is 21.4. The molecule has 1 atom stereocenters. The second-order valence-corrected chi connectivity index (χ2v) is 7.67. The number of carbonyl (C=O) groups excluding carboxylic acids is 2. The van der Waals surface area contributed by atoms with Gasteiger partial charge in [-0.2, -0.15) is 0 Å². The van der Waals surface area contributed by atoms with Gasteiger partial charge in [0.05, 0.1) is 11.6 Å². The van der Waals surface area contributed by atoms with E-state index in [4.69, 9.17) is 0 Å². The molecule has 1 saturated heterocycles. The van der Waals surface area contributed by atoms with E-state index in [1.54, 1.807) is 30.6 Å². The SMILES string of the molecule is Cc1ccc(/C(O)=C2\C(=O)C(=O)N(c3cc(C)cc(C)c3)C2c2cccnc2)cc1. The topological polar surface area (TPSA) is 70.5 Å². The van der Waals surface area contributed by atoms with E-state index in [1.807, 2.05) is 57.2 Å². The van der Waals surface area contributed by atoms with Crippen LogP contribution in [0.2, 0.25) is 0 Å². The fraction of sp³-hybridized carbons (Fsp3) is 0.160. The van der Waals surface area contributed by atoms with Crippen molar-refractivity contribution in [2.75, 3.05) is 4.90 Å². The molecule has 1 unspecified atom stereocenters. The molecule has 4 rings (SSSR count). The maximum atomic E-state index is 13.1. The normalized spacial score (nSPS) is 18.1. The number of benzene rings is 2. The van der Waals surface area contributed by atoms with Gasteiger partial charge in [0.2, 0.25) is 0 Å². The summed E-state index contributed by atoms with van der Waals surface area (Å²) in [5.74, 6) is -1.56. The Hall–Kier alpha value is -3.73. The van der Waals surface area contributed by atoms with E-state index in [-0.39, 0.29) is 11.3 Å². The van der Waals surface area contributed by atoms with Crippen LogP contribution in [0.4, 0.5) is 5.69 Å². The Kier molecular flexibility index (Phi) is 4.96. The van der Waals surface area contributed by atoms with Gasteiger partial charge in [0.25, 0.3) is 11.7 Å². The van der Waals surface area contributed by atoms with Crippen molar-refractivity contribution in [2.24, 2.45) is 0 Å². The highest BCUT2D eigenvalue weighted by Crippen LogP contribution is 2.42. The number of Topliss-reactive ketones (excluding diaryl/α,β-unsaturated/α-hetero) is 1. The third-order valence-electron chi connectivity index (χ3n) is 5.25. The Labute approximate surface area is 175 Å². The summed E-state index contributed by atoms with van der Waals surface area (Å²) in [4.78, 5) is 31.8. The molecule has 1 aliphatic heterocycles. The number of pyridine rings is 1. The van der Waals surface area contributed by atoms with Crippen LogP contribution in [0, 0.1) is 20.8 Å². The number of hydrogen-bond acceptors (Lipinski definition) is 4. The molecule has 2 heterocycles. The molecular weight excluding hydrogens is 376 g/mol. The lowest BCUT2D eigenvalue weighted by atomic mass is 9.95. The summed E-state index contributed by atoms with van der Waals surface area (Å²) < 4.78 is 0. The average Bonchev–Trinajstić information content (AvgIpc) is 2.99. The van der Waals surface area contributed by atoms with Crippen molar-refractivity contribution in [1.29, 1.82) is 0 Å². The Morgan fingerprint density at radius 3 is 2.20 bits per heavy atom. The van der Waals surface area contributed by atoms with E-state index < -0.39 is 17.7 Å². The molecule has 150 valence electrons. The molecule has 5 heteroatoms. The molecule has 0 aliphatic carbocycles. The molecule has 0 spiro atoms. The Morgan fingerprint density at radius 2 is 1.60 bits per heavy atom. The Morgan fingerprint density at radius 1 is 0.933 bits per heavy atom. The van der Waals surface area contributed by atoms with E-state index in [0.29, 0.717) is 16.8 Å². The minimum atomic E-state index is -0.763. The van der Waals surface area contributed by atoms with Gasteiger partial charge in [0.15, 0.2) is 0 Å². The first kappa shape index (κ1) is 19.6. The van der Waals surface area contributed by atoms with Gasteiger partial charge in [0.1, 0.15) is 5.76 Å². The van der Waals surface area contributed by atoms with E-state index in [0.717, 1.165) is 16.7 Å². The zero-order valence-electron chi connectivity index (χ0n) is 17.1. The number of aliphatic hydroxyl groups is 1. The summed E-state index contributed by atoms with van der Waals surface area (Å²) in [6.07, 6.45) is 3.25. The number of aromatic nitrogens is 1. The van der Waals surface area contributed by atoms with Crippen LogP contribution in [0.5, 0.6) is 0 Å². The number of anilines is 1. The number of rotatable bonds is 3. The number of ketones is 1. The van der Waals surface area contributed by atoms with Crippen molar-refractivity contribution < 1.29 is 14.7 Å². The van der Waals surface area contributed by atoms with Crippen molar-refractivity contribution in [2.45, 2.75) is 26.8 Å². The van der Waals surface area contributed by atoms with Crippen LogP contribution in [0.15, 0.2) is 72.6 Å². The Bertz CT molecular complexity index is 1140. The second-order valence-electron chi connectivity index (χ2n) is 7.67. The van der Waals surface area contributed by atoms with Crippen LogP contribution in [0.25, 0.3) is 5.76 Å². The maximum absolute atomic E-state index is 13.1. The first-order valence-electron chi connectivity index (χ1n) is 9.73. The lowest BCUT2D eigenvalue weighted by molar-refractivity contribution is -0.132. The molecule has 5 nitrogen and oxygen atoms in total. The molecule has 3 aromatic rings. The Balaban J connectivity index is 1.96. The van der Waals surface area contributed by atoms with Gasteiger partial charge >= 0.3 is 0 Å². The highest BCUT2D eigenvalue weighted by molar-refractivity contribution is 6.51. The van der Waals surface area contributed by atoms with Crippen LogP contribution in [-0.4, -0.2) is 21.8 Å². The van der Waals surface area contributed by atoms with Crippen LogP contribution in [0.3, 0.4) is 0 Å². The quantitative estimate of drug-likeness (QED) is 0.397. The third-order valence-corrected chi connectivity index (χ3v) is 5.25. The number of hydrogen-bond donors (Lipinski definition) is 1.